The highest BCUT2D eigenvalue weighted by molar-refractivity contribution is 5.26. The molecule has 2 nitrogen and oxygen atoms in total. The van der Waals surface area contributed by atoms with E-state index in [1.165, 1.54) is 5.57 Å². The number of alkyl halides is 3. The van der Waals surface area contributed by atoms with Gasteiger partial charge in [-0.15, -0.1) is 0 Å². The van der Waals surface area contributed by atoms with Crippen molar-refractivity contribution in [3.63, 3.8) is 0 Å². The molecule has 0 spiro atoms. The van der Waals surface area contributed by atoms with Crippen molar-refractivity contribution in [3.05, 3.63) is 36.0 Å². The number of halogens is 3. The molecule has 152 valence electrons. The third-order valence-electron chi connectivity index (χ3n) is 7.06. The van der Waals surface area contributed by atoms with E-state index in [1.807, 2.05) is 19.9 Å². The van der Waals surface area contributed by atoms with Crippen LogP contribution in [0.2, 0.25) is 0 Å². The van der Waals surface area contributed by atoms with Gasteiger partial charge < -0.3 is 10.6 Å². The van der Waals surface area contributed by atoms with Crippen LogP contribution >= 0.6 is 0 Å². The molecule has 0 atom stereocenters. The van der Waals surface area contributed by atoms with Crippen molar-refractivity contribution in [1.29, 1.82) is 0 Å². The second-order valence-corrected chi connectivity index (χ2v) is 9.37. The van der Waals surface area contributed by atoms with Crippen LogP contribution in [0.25, 0.3) is 0 Å². The number of hydrogen-bond acceptors (Lipinski definition) is 2. The van der Waals surface area contributed by atoms with Crippen LogP contribution in [0.3, 0.4) is 0 Å². The van der Waals surface area contributed by atoms with Crippen LogP contribution in [0.15, 0.2) is 36.0 Å². The van der Waals surface area contributed by atoms with Gasteiger partial charge in [0.05, 0.1) is 5.41 Å². The van der Waals surface area contributed by atoms with Crippen molar-refractivity contribution in [3.8, 4) is 0 Å². The van der Waals surface area contributed by atoms with Gasteiger partial charge in [-0.05, 0) is 77.3 Å². The minimum atomic E-state index is -4.01. The van der Waals surface area contributed by atoms with Gasteiger partial charge in [0.25, 0.3) is 0 Å². The van der Waals surface area contributed by atoms with Gasteiger partial charge in [-0.25, -0.2) is 0 Å². The van der Waals surface area contributed by atoms with E-state index in [9.17, 15) is 13.2 Å². The Balaban J connectivity index is 0.000000201. The topological polar surface area (TPSA) is 24.1 Å². The minimum Gasteiger partial charge on any atom is -0.316 e. The fourth-order valence-corrected chi connectivity index (χ4v) is 4.65. The first-order chi connectivity index (χ1) is 12.6. The van der Waals surface area contributed by atoms with E-state index in [0.717, 1.165) is 43.8 Å². The van der Waals surface area contributed by atoms with Crippen molar-refractivity contribution in [1.82, 2.24) is 10.6 Å². The Morgan fingerprint density at radius 3 is 2.11 bits per heavy atom. The number of rotatable bonds is 6. The maximum absolute atomic E-state index is 12.8. The molecule has 4 aliphatic carbocycles. The van der Waals surface area contributed by atoms with Crippen LogP contribution in [0.1, 0.15) is 52.9 Å². The van der Waals surface area contributed by atoms with Gasteiger partial charge >= 0.3 is 6.18 Å². The molecule has 0 unspecified atom stereocenters. The van der Waals surface area contributed by atoms with Gasteiger partial charge in [-0.3, -0.25) is 0 Å². The van der Waals surface area contributed by atoms with Crippen LogP contribution in [-0.4, -0.2) is 31.3 Å². The zero-order chi connectivity index (χ0) is 19.9. The van der Waals surface area contributed by atoms with Gasteiger partial charge in [-0.1, -0.05) is 36.0 Å². The van der Waals surface area contributed by atoms with Crippen LogP contribution in [0.5, 0.6) is 0 Å². The maximum Gasteiger partial charge on any atom is 0.395 e. The lowest BCUT2D eigenvalue weighted by Gasteiger charge is -2.75. The summed E-state index contributed by atoms with van der Waals surface area (Å²) >= 11 is 0. The minimum absolute atomic E-state index is 0.0798. The second kappa shape index (κ2) is 7.07. The zero-order valence-electron chi connectivity index (χ0n) is 16.8. The Kier molecular flexibility index (Phi) is 5.41. The standard InChI is InChI=1S/C13H19F3N2.C9H14/c14-13(15,16)11(1-2-11)8-18-12-5-10(6-12,7-12)9-3-17-4-9;1-5-9(4)7-6-8(2)3/h9,17-18H,1-8H2;5-7H,2H2,1,3-4H3/b;7-6-,9-5-. The molecule has 5 heteroatoms. The van der Waals surface area contributed by atoms with Crippen LogP contribution in [0, 0.1) is 16.7 Å². The molecule has 1 aliphatic heterocycles. The summed E-state index contributed by atoms with van der Waals surface area (Å²) in [4.78, 5) is 0. The van der Waals surface area contributed by atoms with Crippen molar-refractivity contribution in [2.24, 2.45) is 16.7 Å². The molecular formula is C22H33F3N2. The Bertz CT molecular complexity index is 617. The fourth-order valence-electron chi connectivity index (χ4n) is 4.65. The summed E-state index contributed by atoms with van der Waals surface area (Å²) in [6.07, 6.45) is 6.09. The van der Waals surface area contributed by atoms with E-state index in [2.05, 4.69) is 36.3 Å². The highest BCUT2D eigenvalue weighted by atomic mass is 19.4. The molecule has 1 heterocycles. The molecule has 1 saturated heterocycles. The molecule has 27 heavy (non-hydrogen) atoms. The molecule has 5 fully saturated rings. The van der Waals surface area contributed by atoms with Crippen molar-refractivity contribution < 1.29 is 13.2 Å². The normalized spacial score (nSPS) is 34.1. The Morgan fingerprint density at radius 2 is 1.74 bits per heavy atom. The molecule has 0 aromatic heterocycles. The average molecular weight is 383 g/mol. The third-order valence-corrected chi connectivity index (χ3v) is 7.06. The predicted octanol–water partition coefficient (Wildman–Crippen LogP) is 5.15. The SMILES string of the molecule is C=C(C)/C=C\C(C)=C/C.FC(F)(F)C1(CNC23CC(C4CNC4)(C2)C3)CC1. The monoisotopic (exact) mass is 382 g/mol. The van der Waals surface area contributed by atoms with Gasteiger partial charge in [0, 0.05) is 12.1 Å². The molecule has 0 radical (unpaired) electrons. The first-order valence-electron chi connectivity index (χ1n) is 10.0. The molecule has 5 rings (SSSR count). The second-order valence-electron chi connectivity index (χ2n) is 9.37. The summed E-state index contributed by atoms with van der Waals surface area (Å²) in [5, 5.41) is 6.55. The smallest absolute Gasteiger partial charge is 0.316 e. The van der Waals surface area contributed by atoms with E-state index in [4.69, 9.17) is 0 Å². The van der Waals surface area contributed by atoms with E-state index >= 15 is 0 Å². The van der Waals surface area contributed by atoms with Gasteiger partial charge in [0.1, 0.15) is 0 Å². The molecule has 0 amide bonds. The highest BCUT2D eigenvalue weighted by Crippen LogP contribution is 2.71. The van der Waals surface area contributed by atoms with Crippen LogP contribution < -0.4 is 10.6 Å². The van der Waals surface area contributed by atoms with E-state index in [0.29, 0.717) is 18.3 Å². The molecule has 4 saturated carbocycles. The largest absolute Gasteiger partial charge is 0.395 e. The van der Waals surface area contributed by atoms with E-state index in [-0.39, 0.29) is 12.1 Å². The van der Waals surface area contributed by atoms with E-state index in [1.54, 1.807) is 0 Å². The van der Waals surface area contributed by atoms with Gasteiger partial charge in [-0.2, -0.15) is 13.2 Å². The molecule has 0 aromatic rings. The summed E-state index contributed by atoms with van der Waals surface area (Å²) in [5.74, 6) is 0.790. The zero-order valence-corrected chi connectivity index (χ0v) is 16.8. The summed E-state index contributed by atoms with van der Waals surface area (Å²) in [6, 6.07) is 0. The maximum atomic E-state index is 12.8. The van der Waals surface area contributed by atoms with E-state index < -0.39 is 11.6 Å². The first kappa shape index (κ1) is 20.7. The summed E-state index contributed by atoms with van der Waals surface area (Å²) in [7, 11) is 0. The van der Waals surface area contributed by atoms with Crippen molar-refractivity contribution in [2.75, 3.05) is 19.6 Å². The fraction of sp³-hybridized carbons (Fsp3) is 0.727. The molecular weight excluding hydrogens is 349 g/mol. The summed E-state index contributed by atoms with van der Waals surface area (Å²) in [5.41, 5.74) is 1.56. The number of allylic oxidation sites excluding steroid dienone is 5. The molecule has 5 aliphatic rings. The summed E-state index contributed by atoms with van der Waals surface area (Å²) in [6.45, 7) is 12.2. The van der Waals surface area contributed by atoms with Crippen molar-refractivity contribution >= 4 is 0 Å². The quantitative estimate of drug-likeness (QED) is 0.621. The molecule has 0 aromatic carbocycles. The lowest BCUT2D eigenvalue weighted by Crippen LogP contribution is -2.79. The van der Waals surface area contributed by atoms with Crippen LogP contribution in [0.4, 0.5) is 13.2 Å². The third kappa shape index (κ3) is 4.04. The predicted molar refractivity (Wildman–Crippen MR) is 104 cm³/mol. The molecule has 2 N–H and O–H groups in total. The Hall–Kier alpha value is -1.07. The highest BCUT2D eigenvalue weighted by Gasteiger charge is 2.72. The Morgan fingerprint density at radius 1 is 1.15 bits per heavy atom. The van der Waals surface area contributed by atoms with Gasteiger partial charge in [0.15, 0.2) is 0 Å². The number of nitrogens with one attached hydrogen (secondary N) is 2. The lowest BCUT2D eigenvalue weighted by molar-refractivity contribution is -0.216. The Labute approximate surface area is 161 Å². The average Bonchev–Trinajstić information content (AvgIpc) is 3.25. The number of hydrogen-bond donors (Lipinski definition) is 2. The first-order valence-corrected chi connectivity index (χ1v) is 10.0. The lowest BCUT2D eigenvalue weighted by atomic mass is 9.35. The summed E-state index contributed by atoms with van der Waals surface area (Å²) < 4.78 is 38.5. The van der Waals surface area contributed by atoms with Crippen molar-refractivity contribution in [2.45, 2.75) is 64.6 Å². The van der Waals surface area contributed by atoms with Crippen LogP contribution in [-0.2, 0) is 0 Å². The molecule has 2 bridgehead atoms. The van der Waals surface area contributed by atoms with Gasteiger partial charge in [0.2, 0.25) is 0 Å².